The Kier molecular flexibility index (Phi) is 6.10. The normalized spacial score (nSPS) is 11.0. The second-order valence-corrected chi connectivity index (χ2v) is 6.32. The molecule has 0 bridgehead atoms. The number of benzene rings is 2. The minimum atomic E-state index is -0.978. The molecule has 0 aliphatic heterocycles. The SMILES string of the molecule is COc1ccccc1CCNC(=O)C(C)(C)Oc1ccc(Cl)cc1. The molecule has 1 N–H and O–H groups in total. The average molecular weight is 348 g/mol. The highest BCUT2D eigenvalue weighted by molar-refractivity contribution is 6.30. The lowest BCUT2D eigenvalue weighted by molar-refractivity contribution is -0.134. The summed E-state index contributed by atoms with van der Waals surface area (Å²) >= 11 is 5.85. The molecule has 2 aromatic carbocycles. The zero-order valence-corrected chi connectivity index (χ0v) is 14.9. The first kappa shape index (κ1) is 18.1. The summed E-state index contributed by atoms with van der Waals surface area (Å²) in [5.74, 6) is 1.25. The third kappa shape index (κ3) is 4.90. The highest BCUT2D eigenvalue weighted by Crippen LogP contribution is 2.21. The van der Waals surface area contributed by atoms with Crippen LogP contribution in [-0.4, -0.2) is 25.2 Å². The minimum absolute atomic E-state index is 0.174. The second kappa shape index (κ2) is 8.06. The first-order chi connectivity index (χ1) is 11.4. The van der Waals surface area contributed by atoms with E-state index in [-0.39, 0.29) is 5.91 Å². The van der Waals surface area contributed by atoms with Gasteiger partial charge in [-0.25, -0.2) is 0 Å². The standard InChI is InChI=1S/C19H22ClNO3/c1-19(2,24-16-10-8-15(20)9-11-16)18(22)21-13-12-14-6-4-5-7-17(14)23-3/h4-11H,12-13H2,1-3H3,(H,21,22). The molecule has 2 rings (SSSR count). The molecule has 5 heteroatoms. The van der Waals surface area contributed by atoms with Gasteiger partial charge in [0.2, 0.25) is 0 Å². The van der Waals surface area contributed by atoms with E-state index in [0.29, 0.717) is 23.7 Å². The Morgan fingerprint density at radius 3 is 2.46 bits per heavy atom. The molecule has 0 fully saturated rings. The van der Waals surface area contributed by atoms with E-state index in [2.05, 4.69) is 5.32 Å². The van der Waals surface area contributed by atoms with Gasteiger partial charge in [-0.05, 0) is 56.2 Å². The van der Waals surface area contributed by atoms with Crippen molar-refractivity contribution in [2.45, 2.75) is 25.9 Å². The molecule has 0 aromatic heterocycles. The zero-order valence-electron chi connectivity index (χ0n) is 14.1. The molecule has 0 aliphatic rings. The fraction of sp³-hybridized carbons (Fsp3) is 0.316. The Hall–Kier alpha value is -2.20. The van der Waals surface area contributed by atoms with Gasteiger partial charge in [-0.3, -0.25) is 4.79 Å². The van der Waals surface area contributed by atoms with Crippen molar-refractivity contribution in [1.29, 1.82) is 0 Å². The van der Waals surface area contributed by atoms with Gasteiger partial charge in [-0.15, -0.1) is 0 Å². The molecule has 24 heavy (non-hydrogen) atoms. The van der Waals surface area contributed by atoms with Gasteiger partial charge in [0.05, 0.1) is 7.11 Å². The molecule has 0 saturated heterocycles. The lowest BCUT2D eigenvalue weighted by Gasteiger charge is -2.25. The number of carbonyl (C=O) groups is 1. The molecule has 2 aromatic rings. The first-order valence-corrected chi connectivity index (χ1v) is 8.15. The summed E-state index contributed by atoms with van der Waals surface area (Å²) in [4.78, 5) is 12.4. The lowest BCUT2D eigenvalue weighted by atomic mass is 10.1. The van der Waals surface area contributed by atoms with Crippen molar-refractivity contribution in [1.82, 2.24) is 5.32 Å². The monoisotopic (exact) mass is 347 g/mol. The number of hydrogen-bond acceptors (Lipinski definition) is 3. The molecule has 0 unspecified atom stereocenters. The van der Waals surface area contributed by atoms with E-state index in [9.17, 15) is 4.79 Å². The number of carbonyl (C=O) groups excluding carboxylic acids is 1. The van der Waals surface area contributed by atoms with Crippen LogP contribution in [0.2, 0.25) is 5.02 Å². The Morgan fingerprint density at radius 1 is 1.12 bits per heavy atom. The summed E-state index contributed by atoms with van der Waals surface area (Å²) in [6.45, 7) is 3.98. The molecular weight excluding hydrogens is 326 g/mol. The van der Waals surface area contributed by atoms with Crippen molar-refractivity contribution in [3.63, 3.8) is 0 Å². The number of para-hydroxylation sites is 1. The van der Waals surface area contributed by atoms with E-state index in [0.717, 1.165) is 11.3 Å². The molecule has 128 valence electrons. The van der Waals surface area contributed by atoms with Crippen LogP contribution in [0.25, 0.3) is 0 Å². The maximum absolute atomic E-state index is 12.4. The fourth-order valence-corrected chi connectivity index (χ4v) is 2.40. The Balaban J connectivity index is 1.89. The van der Waals surface area contributed by atoms with E-state index < -0.39 is 5.60 Å². The summed E-state index contributed by atoms with van der Waals surface area (Å²) in [7, 11) is 1.64. The van der Waals surface area contributed by atoms with Gasteiger partial charge in [0, 0.05) is 11.6 Å². The molecule has 0 radical (unpaired) electrons. The molecular formula is C19H22ClNO3. The third-order valence-electron chi connectivity index (χ3n) is 3.61. The van der Waals surface area contributed by atoms with Gasteiger partial charge in [0.1, 0.15) is 11.5 Å². The maximum Gasteiger partial charge on any atom is 0.263 e. The van der Waals surface area contributed by atoms with Crippen molar-refractivity contribution in [2.75, 3.05) is 13.7 Å². The van der Waals surface area contributed by atoms with Crippen LogP contribution in [0, 0.1) is 0 Å². The molecule has 0 atom stereocenters. The Bertz CT molecular complexity index is 683. The van der Waals surface area contributed by atoms with Crippen molar-refractivity contribution in [2.24, 2.45) is 0 Å². The van der Waals surface area contributed by atoms with Crippen LogP contribution in [-0.2, 0) is 11.2 Å². The quantitative estimate of drug-likeness (QED) is 0.827. The van der Waals surface area contributed by atoms with Crippen LogP contribution in [0.1, 0.15) is 19.4 Å². The third-order valence-corrected chi connectivity index (χ3v) is 3.86. The highest BCUT2D eigenvalue weighted by atomic mass is 35.5. The summed E-state index contributed by atoms with van der Waals surface area (Å²) in [5.41, 5.74) is 0.0749. The number of nitrogens with one attached hydrogen (secondary N) is 1. The number of methoxy groups -OCH3 is 1. The van der Waals surface area contributed by atoms with E-state index >= 15 is 0 Å². The minimum Gasteiger partial charge on any atom is -0.496 e. The predicted octanol–water partition coefficient (Wildman–Crippen LogP) is 3.86. The Morgan fingerprint density at radius 2 is 1.79 bits per heavy atom. The average Bonchev–Trinajstić information content (AvgIpc) is 2.57. The van der Waals surface area contributed by atoms with Gasteiger partial charge in [0.25, 0.3) is 5.91 Å². The summed E-state index contributed by atoms with van der Waals surface area (Å²) in [5, 5.41) is 3.54. The highest BCUT2D eigenvalue weighted by Gasteiger charge is 2.29. The van der Waals surface area contributed by atoms with Crippen molar-refractivity contribution < 1.29 is 14.3 Å². The van der Waals surface area contributed by atoms with Crippen LogP contribution in [0.4, 0.5) is 0 Å². The van der Waals surface area contributed by atoms with Gasteiger partial charge in [-0.2, -0.15) is 0 Å². The zero-order chi connectivity index (χ0) is 17.6. The first-order valence-electron chi connectivity index (χ1n) is 7.77. The lowest BCUT2D eigenvalue weighted by Crippen LogP contribution is -2.47. The van der Waals surface area contributed by atoms with Crippen LogP contribution in [0.5, 0.6) is 11.5 Å². The van der Waals surface area contributed by atoms with Crippen molar-refractivity contribution in [3.8, 4) is 11.5 Å². The number of rotatable bonds is 7. The van der Waals surface area contributed by atoms with Gasteiger partial charge < -0.3 is 14.8 Å². The topological polar surface area (TPSA) is 47.6 Å². The predicted molar refractivity (Wildman–Crippen MR) is 95.9 cm³/mol. The van der Waals surface area contributed by atoms with E-state index in [1.54, 1.807) is 45.2 Å². The smallest absolute Gasteiger partial charge is 0.263 e. The number of amides is 1. The Labute approximate surface area is 147 Å². The summed E-state index contributed by atoms with van der Waals surface area (Å²) < 4.78 is 11.1. The molecule has 0 aliphatic carbocycles. The van der Waals surface area contributed by atoms with Gasteiger partial charge >= 0.3 is 0 Å². The summed E-state index contributed by atoms with van der Waals surface area (Å²) in [6.07, 6.45) is 0.687. The largest absolute Gasteiger partial charge is 0.496 e. The molecule has 1 amide bonds. The van der Waals surface area contributed by atoms with E-state index in [1.807, 2.05) is 24.3 Å². The fourth-order valence-electron chi connectivity index (χ4n) is 2.28. The number of hydrogen-bond donors (Lipinski definition) is 1. The molecule has 0 heterocycles. The van der Waals surface area contributed by atoms with Crippen molar-refractivity contribution >= 4 is 17.5 Å². The van der Waals surface area contributed by atoms with Crippen LogP contribution in [0.15, 0.2) is 48.5 Å². The molecule has 0 saturated carbocycles. The van der Waals surface area contributed by atoms with Crippen LogP contribution in [0.3, 0.4) is 0 Å². The van der Waals surface area contributed by atoms with Crippen LogP contribution < -0.4 is 14.8 Å². The van der Waals surface area contributed by atoms with Gasteiger partial charge in [-0.1, -0.05) is 29.8 Å². The number of halogens is 1. The van der Waals surface area contributed by atoms with E-state index in [1.165, 1.54) is 0 Å². The number of ether oxygens (including phenoxy) is 2. The molecule has 4 nitrogen and oxygen atoms in total. The maximum atomic E-state index is 12.4. The van der Waals surface area contributed by atoms with Crippen molar-refractivity contribution in [3.05, 3.63) is 59.1 Å². The van der Waals surface area contributed by atoms with E-state index in [4.69, 9.17) is 21.1 Å². The van der Waals surface area contributed by atoms with Gasteiger partial charge in [0.15, 0.2) is 5.60 Å². The molecule has 0 spiro atoms. The van der Waals surface area contributed by atoms with Crippen LogP contribution >= 0.6 is 11.6 Å². The second-order valence-electron chi connectivity index (χ2n) is 5.88. The summed E-state index contributed by atoms with van der Waals surface area (Å²) in [6, 6.07) is 14.7.